The number of amides is 1. The maximum absolute atomic E-state index is 11.7. The van der Waals surface area contributed by atoms with Gasteiger partial charge in [0.2, 0.25) is 5.91 Å². The molecule has 0 unspecified atom stereocenters. The number of methoxy groups -OCH3 is 1. The van der Waals surface area contributed by atoms with Gasteiger partial charge in [0.25, 0.3) is 0 Å². The molecule has 0 atom stereocenters. The van der Waals surface area contributed by atoms with E-state index >= 15 is 0 Å². The summed E-state index contributed by atoms with van der Waals surface area (Å²) in [5.41, 5.74) is 0.669. The van der Waals surface area contributed by atoms with E-state index < -0.39 is 0 Å². The summed E-state index contributed by atoms with van der Waals surface area (Å²) in [6.45, 7) is 1.56. The molecule has 118 valence electrons. The molecule has 1 aromatic rings. The number of nitrogens with zero attached hydrogens (tertiary/aromatic N) is 2. The van der Waals surface area contributed by atoms with Crippen LogP contribution >= 0.6 is 24.0 Å². The van der Waals surface area contributed by atoms with Gasteiger partial charge >= 0.3 is 0 Å². The number of rotatable bonds is 7. The van der Waals surface area contributed by atoms with Gasteiger partial charge in [0, 0.05) is 33.5 Å². The smallest absolute Gasteiger partial charge is 0.243 e. The summed E-state index contributed by atoms with van der Waals surface area (Å²) in [7, 11) is 3.32. The summed E-state index contributed by atoms with van der Waals surface area (Å²) in [6.07, 6.45) is 4.12. The van der Waals surface area contributed by atoms with Crippen molar-refractivity contribution in [3.63, 3.8) is 0 Å². The second kappa shape index (κ2) is 12.3. The van der Waals surface area contributed by atoms with Crippen LogP contribution in [0.3, 0.4) is 0 Å². The lowest BCUT2D eigenvalue weighted by Gasteiger charge is -2.11. The van der Waals surface area contributed by atoms with Gasteiger partial charge in [-0.15, -0.1) is 24.0 Å². The Bertz CT molecular complexity index is 428. The molecule has 1 heterocycles. The van der Waals surface area contributed by atoms with E-state index in [0.29, 0.717) is 18.3 Å². The first-order chi connectivity index (χ1) is 9.76. The van der Waals surface area contributed by atoms with E-state index in [1.807, 2.05) is 0 Å². The molecule has 0 spiro atoms. The number of carbonyl (C=O) groups excluding carboxylic acids is 1. The van der Waals surface area contributed by atoms with Crippen LogP contribution in [0, 0.1) is 0 Å². The molecule has 0 saturated carbocycles. The first kappa shape index (κ1) is 19.6. The molecule has 7 nitrogen and oxygen atoms in total. The second-order valence-electron chi connectivity index (χ2n) is 3.99. The lowest BCUT2D eigenvalue weighted by Crippen LogP contribution is -2.41. The highest BCUT2D eigenvalue weighted by atomic mass is 127. The minimum Gasteiger partial charge on any atom is -0.385 e. The van der Waals surface area contributed by atoms with Gasteiger partial charge in [-0.05, 0) is 18.6 Å². The minimum atomic E-state index is -0.155. The highest BCUT2D eigenvalue weighted by Crippen LogP contribution is 2.01. The zero-order valence-electron chi connectivity index (χ0n) is 12.3. The van der Waals surface area contributed by atoms with Crippen LogP contribution in [0.4, 0.5) is 5.69 Å². The fourth-order valence-electron chi connectivity index (χ4n) is 1.45. The van der Waals surface area contributed by atoms with Crippen LogP contribution < -0.4 is 16.0 Å². The van der Waals surface area contributed by atoms with Crippen molar-refractivity contribution >= 4 is 41.5 Å². The number of anilines is 1. The Labute approximate surface area is 142 Å². The summed E-state index contributed by atoms with van der Waals surface area (Å²) in [6, 6.07) is 3.54. The average Bonchev–Trinajstić information content (AvgIpc) is 2.47. The van der Waals surface area contributed by atoms with Crippen molar-refractivity contribution in [3.8, 4) is 0 Å². The molecular formula is C13H22IN5O2. The fourth-order valence-corrected chi connectivity index (χ4v) is 1.45. The average molecular weight is 407 g/mol. The van der Waals surface area contributed by atoms with Gasteiger partial charge in [0.15, 0.2) is 5.96 Å². The third-order valence-electron chi connectivity index (χ3n) is 2.40. The van der Waals surface area contributed by atoms with Crippen LogP contribution in [0.5, 0.6) is 0 Å². The van der Waals surface area contributed by atoms with E-state index in [4.69, 9.17) is 4.74 Å². The number of ether oxygens (including phenoxy) is 1. The van der Waals surface area contributed by atoms with Gasteiger partial charge in [-0.2, -0.15) is 0 Å². The van der Waals surface area contributed by atoms with Crippen molar-refractivity contribution in [3.05, 3.63) is 24.5 Å². The quantitative estimate of drug-likeness (QED) is 0.270. The number of aliphatic imine (C=N–C) groups is 1. The van der Waals surface area contributed by atoms with Crippen LogP contribution in [0.2, 0.25) is 0 Å². The number of hydrogen-bond donors (Lipinski definition) is 3. The van der Waals surface area contributed by atoms with Crippen LogP contribution in [0.1, 0.15) is 6.42 Å². The second-order valence-corrected chi connectivity index (χ2v) is 3.99. The fraction of sp³-hybridized carbons (Fsp3) is 0.462. The van der Waals surface area contributed by atoms with Crippen molar-refractivity contribution < 1.29 is 9.53 Å². The minimum absolute atomic E-state index is 0. The van der Waals surface area contributed by atoms with Crippen LogP contribution in [-0.4, -0.2) is 50.7 Å². The molecule has 1 amide bonds. The zero-order chi connectivity index (χ0) is 14.6. The van der Waals surface area contributed by atoms with E-state index in [-0.39, 0.29) is 36.4 Å². The maximum Gasteiger partial charge on any atom is 0.243 e. The van der Waals surface area contributed by atoms with Crippen LogP contribution in [-0.2, 0) is 9.53 Å². The van der Waals surface area contributed by atoms with Gasteiger partial charge in [0.1, 0.15) is 0 Å². The number of hydrogen-bond acceptors (Lipinski definition) is 4. The molecule has 0 bridgehead atoms. The summed E-state index contributed by atoms with van der Waals surface area (Å²) in [5, 5.41) is 8.75. The van der Waals surface area contributed by atoms with Gasteiger partial charge in [-0.3, -0.25) is 14.8 Å². The van der Waals surface area contributed by atoms with Crippen molar-refractivity contribution in [2.75, 3.05) is 39.2 Å². The zero-order valence-corrected chi connectivity index (χ0v) is 14.6. The maximum atomic E-state index is 11.7. The predicted octanol–water partition coefficient (Wildman–Crippen LogP) is 0.840. The van der Waals surface area contributed by atoms with Crippen molar-refractivity contribution in [1.82, 2.24) is 15.6 Å². The summed E-state index contributed by atoms with van der Waals surface area (Å²) in [4.78, 5) is 19.7. The SMILES string of the molecule is CN=C(NCCCOC)NCC(=O)Nc1cccnc1.I. The Balaban J connectivity index is 0.00000400. The molecule has 8 heteroatoms. The number of guanidine groups is 1. The summed E-state index contributed by atoms with van der Waals surface area (Å²) in [5.74, 6) is 0.431. The van der Waals surface area contributed by atoms with Crippen molar-refractivity contribution in [2.45, 2.75) is 6.42 Å². The Morgan fingerprint density at radius 2 is 2.24 bits per heavy atom. The molecule has 0 saturated heterocycles. The largest absolute Gasteiger partial charge is 0.385 e. The third kappa shape index (κ3) is 9.19. The van der Waals surface area contributed by atoms with Gasteiger partial charge in [-0.25, -0.2) is 0 Å². The Kier molecular flexibility index (Phi) is 11.5. The first-order valence-electron chi connectivity index (χ1n) is 6.39. The number of nitrogens with one attached hydrogen (secondary N) is 3. The Morgan fingerprint density at radius 3 is 2.86 bits per heavy atom. The molecular weight excluding hydrogens is 385 g/mol. The molecule has 0 aliphatic rings. The number of pyridine rings is 1. The topological polar surface area (TPSA) is 87.6 Å². The highest BCUT2D eigenvalue weighted by molar-refractivity contribution is 14.0. The molecule has 0 aliphatic carbocycles. The number of carbonyl (C=O) groups is 1. The van der Waals surface area contributed by atoms with Crippen molar-refractivity contribution in [1.29, 1.82) is 0 Å². The number of aromatic nitrogens is 1. The monoisotopic (exact) mass is 407 g/mol. The lowest BCUT2D eigenvalue weighted by molar-refractivity contribution is -0.115. The van der Waals surface area contributed by atoms with E-state index in [2.05, 4.69) is 25.9 Å². The third-order valence-corrected chi connectivity index (χ3v) is 2.40. The molecule has 1 rings (SSSR count). The molecule has 3 N–H and O–H groups in total. The molecule has 0 fully saturated rings. The van der Waals surface area contributed by atoms with Crippen LogP contribution in [0.25, 0.3) is 0 Å². The Morgan fingerprint density at radius 1 is 1.43 bits per heavy atom. The van der Waals surface area contributed by atoms with Gasteiger partial charge in [0.05, 0.1) is 18.4 Å². The lowest BCUT2D eigenvalue weighted by atomic mass is 10.4. The van der Waals surface area contributed by atoms with E-state index in [1.54, 1.807) is 38.7 Å². The normalized spacial score (nSPS) is 10.5. The predicted molar refractivity (Wildman–Crippen MR) is 94.1 cm³/mol. The van der Waals surface area contributed by atoms with E-state index in [0.717, 1.165) is 13.0 Å². The highest BCUT2D eigenvalue weighted by Gasteiger charge is 2.03. The molecule has 0 aromatic carbocycles. The van der Waals surface area contributed by atoms with Gasteiger partial charge < -0.3 is 20.7 Å². The van der Waals surface area contributed by atoms with Crippen molar-refractivity contribution in [2.24, 2.45) is 4.99 Å². The summed E-state index contributed by atoms with van der Waals surface area (Å²) >= 11 is 0. The molecule has 21 heavy (non-hydrogen) atoms. The van der Waals surface area contributed by atoms with E-state index in [1.165, 1.54) is 0 Å². The summed E-state index contributed by atoms with van der Waals surface area (Å²) < 4.78 is 4.95. The molecule has 0 radical (unpaired) electrons. The van der Waals surface area contributed by atoms with Gasteiger partial charge in [-0.1, -0.05) is 0 Å². The van der Waals surface area contributed by atoms with E-state index in [9.17, 15) is 4.79 Å². The molecule has 0 aliphatic heterocycles. The number of halogens is 1. The Hall–Kier alpha value is -1.42. The van der Waals surface area contributed by atoms with Crippen LogP contribution in [0.15, 0.2) is 29.5 Å². The first-order valence-corrected chi connectivity index (χ1v) is 6.39. The standard InChI is InChI=1S/C13H21N5O2.HI/c1-14-13(16-7-4-8-20-2)17-10-12(19)18-11-5-3-6-15-9-11;/h3,5-6,9H,4,7-8,10H2,1-2H3,(H,18,19)(H2,14,16,17);1H. The molecule has 1 aromatic heterocycles.